The molecule has 3 rings (SSSR count). The van der Waals surface area contributed by atoms with Gasteiger partial charge in [0.25, 0.3) is 0 Å². The van der Waals surface area contributed by atoms with Crippen LogP contribution in [0.1, 0.15) is 24.0 Å². The molecule has 0 spiro atoms. The van der Waals surface area contributed by atoms with Crippen LogP contribution in [0.3, 0.4) is 0 Å². The molecule has 0 radical (unpaired) electrons. The van der Waals surface area contributed by atoms with Crippen molar-refractivity contribution in [3.8, 4) is 0 Å². The van der Waals surface area contributed by atoms with Gasteiger partial charge in [0.2, 0.25) is 0 Å². The van der Waals surface area contributed by atoms with Gasteiger partial charge in [-0.2, -0.15) is 13.2 Å². The van der Waals surface area contributed by atoms with Crippen molar-refractivity contribution in [3.63, 3.8) is 0 Å². The Bertz CT molecular complexity index is 545. The number of rotatable bonds is 4. The summed E-state index contributed by atoms with van der Waals surface area (Å²) in [5.41, 5.74) is -0.760. The molecule has 1 saturated heterocycles. The van der Waals surface area contributed by atoms with Gasteiger partial charge in [-0.1, -0.05) is 6.07 Å². The van der Waals surface area contributed by atoms with Gasteiger partial charge in [-0.25, -0.2) is 4.39 Å². The molecule has 1 heterocycles. The molecular formula is C15H16ClF4N. The number of nitrogens with zero attached hydrogens (tertiary/aromatic N) is 1. The maximum absolute atomic E-state index is 14.1. The van der Waals surface area contributed by atoms with E-state index in [2.05, 4.69) is 4.90 Å². The van der Waals surface area contributed by atoms with Crippen LogP contribution in [0.5, 0.6) is 0 Å². The highest BCUT2D eigenvalue weighted by atomic mass is 35.5. The Morgan fingerprint density at radius 2 is 2.10 bits per heavy atom. The largest absolute Gasteiger partial charge is 0.416 e. The molecule has 2 aliphatic rings. The smallest absolute Gasteiger partial charge is 0.302 e. The number of benzene rings is 1. The van der Waals surface area contributed by atoms with Gasteiger partial charge in [-0.05, 0) is 43.0 Å². The molecule has 1 aromatic carbocycles. The van der Waals surface area contributed by atoms with Gasteiger partial charge in [-0.15, -0.1) is 11.6 Å². The van der Waals surface area contributed by atoms with E-state index in [0.29, 0.717) is 23.4 Å². The van der Waals surface area contributed by atoms with E-state index in [1.165, 1.54) is 6.07 Å². The van der Waals surface area contributed by atoms with Crippen LogP contribution in [0.25, 0.3) is 0 Å². The van der Waals surface area contributed by atoms with E-state index >= 15 is 0 Å². The van der Waals surface area contributed by atoms with Crippen LogP contribution in [-0.4, -0.2) is 30.4 Å². The predicted octanol–water partition coefficient (Wildman–Crippen LogP) is 4.05. The number of hydrogen-bond donors (Lipinski definition) is 0. The standard InChI is InChI=1S/C15H16ClF4N/c16-4-1-5-21-8-11-7-14(11,9-21)12-3-2-10(6-13(12)17)15(18,19)20/h2-3,6,11H,1,4-5,7-9H2/t11-,14-/m0/s1. The number of alkyl halides is 4. The van der Waals surface area contributed by atoms with E-state index in [1.807, 2.05) is 0 Å². The number of hydrogen-bond acceptors (Lipinski definition) is 1. The van der Waals surface area contributed by atoms with Crippen LogP contribution >= 0.6 is 11.6 Å². The fraction of sp³-hybridized carbons (Fsp3) is 0.600. The highest BCUT2D eigenvalue weighted by Crippen LogP contribution is 2.59. The lowest BCUT2D eigenvalue weighted by Crippen LogP contribution is -2.28. The average Bonchev–Trinajstić information content (AvgIpc) is 2.98. The van der Waals surface area contributed by atoms with Gasteiger partial charge in [-0.3, -0.25) is 0 Å². The van der Waals surface area contributed by atoms with Crippen molar-refractivity contribution in [3.05, 3.63) is 35.1 Å². The lowest BCUT2D eigenvalue weighted by molar-refractivity contribution is -0.137. The van der Waals surface area contributed by atoms with Gasteiger partial charge in [0.15, 0.2) is 0 Å². The molecule has 6 heteroatoms. The molecule has 21 heavy (non-hydrogen) atoms. The summed E-state index contributed by atoms with van der Waals surface area (Å²) in [4.78, 5) is 2.23. The molecule has 1 aromatic rings. The molecule has 1 nitrogen and oxygen atoms in total. The number of likely N-dealkylation sites (tertiary alicyclic amines) is 1. The Balaban J connectivity index is 1.79. The first-order chi connectivity index (χ1) is 9.87. The van der Waals surface area contributed by atoms with Crippen molar-refractivity contribution >= 4 is 11.6 Å². The van der Waals surface area contributed by atoms with E-state index in [4.69, 9.17) is 11.6 Å². The topological polar surface area (TPSA) is 3.24 Å². The minimum absolute atomic E-state index is 0.277. The fourth-order valence-electron chi connectivity index (χ4n) is 3.55. The number of fused-ring (bicyclic) bond motifs is 1. The highest BCUT2D eigenvalue weighted by molar-refractivity contribution is 6.17. The van der Waals surface area contributed by atoms with Crippen LogP contribution in [-0.2, 0) is 11.6 Å². The van der Waals surface area contributed by atoms with Crippen LogP contribution in [0.2, 0.25) is 0 Å². The molecule has 0 bridgehead atoms. The summed E-state index contributed by atoms with van der Waals surface area (Å²) in [6.45, 7) is 2.47. The fourth-order valence-corrected chi connectivity index (χ4v) is 3.67. The van der Waals surface area contributed by atoms with E-state index in [-0.39, 0.29) is 5.41 Å². The summed E-state index contributed by atoms with van der Waals surface area (Å²) in [6, 6.07) is 2.94. The molecule has 1 aliphatic heterocycles. The van der Waals surface area contributed by atoms with Gasteiger partial charge in [0.05, 0.1) is 5.56 Å². The summed E-state index contributed by atoms with van der Waals surface area (Å²) in [5, 5.41) is 0. The third-order valence-corrected chi connectivity index (χ3v) is 4.92. The predicted molar refractivity (Wildman–Crippen MR) is 73.0 cm³/mol. The van der Waals surface area contributed by atoms with E-state index in [0.717, 1.165) is 38.5 Å². The minimum Gasteiger partial charge on any atom is -0.302 e. The Labute approximate surface area is 125 Å². The maximum atomic E-state index is 14.1. The molecule has 1 saturated carbocycles. The third kappa shape index (κ3) is 2.66. The van der Waals surface area contributed by atoms with Crippen LogP contribution in [0, 0.1) is 11.7 Å². The molecule has 2 atom stereocenters. The zero-order chi connectivity index (χ0) is 15.3. The van der Waals surface area contributed by atoms with Crippen molar-refractivity contribution in [2.75, 3.05) is 25.5 Å². The Hall–Kier alpha value is -0.810. The summed E-state index contributed by atoms with van der Waals surface area (Å²) in [7, 11) is 0. The van der Waals surface area contributed by atoms with E-state index in [1.54, 1.807) is 0 Å². The Morgan fingerprint density at radius 3 is 2.71 bits per heavy atom. The molecule has 1 aliphatic carbocycles. The lowest BCUT2D eigenvalue weighted by atomic mass is 9.93. The second-order valence-electron chi connectivity index (χ2n) is 6.03. The minimum atomic E-state index is -4.50. The quantitative estimate of drug-likeness (QED) is 0.597. The molecule has 116 valence electrons. The zero-order valence-electron chi connectivity index (χ0n) is 11.4. The van der Waals surface area contributed by atoms with Gasteiger partial charge in [0.1, 0.15) is 5.82 Å². The van der Waals surface area contributed by atoms with E-state index < -0.39 is 17.6 Å². The van der Waals surface area contributed by atoms with Crippen molar-refractivity contribution in [1.82, 2.24) is 4.90 Å². The SMILES string of the molecule is Fc1cc(C(F)(F)F)ccc1[C@]12C[C@H]1CN(CCCCl)C2. The van der Waals surface area contributed by atoms with Gasteiger partial charge < -0.3 is 4.90 Å². The van der Waals surface area contributed by atoms with E-state index in [9.17, 15) is 17.6 Å². The van der Waals surface area contributed by atoms with Gasteiger partial charge >= 0.3 is 6.18 Å². The first-order valence-electron chi connectivity index (χ1n) is 7.02. The van der Waals surface area contributed by atoms with Crippen molar-refractivity contribution in [2.24, 2.45) is 5.92 Å². The monoisotopic (exact) mass is 321 g/mol. The molecular weight excluding hydrogens is 306 g/mol. The second-order valence-corrected chi connectivity index (χ2v) is 6.41. The van der Waals surface area contributed by atoms with Gasteiger partial charge in [0, 0.05) is 24.4 Å². The summed E-state index contributed by atoms with van der Waals surface area (Å²) in [6.07, 6.45) is -2.76. The lowest BCUT2D eigenvalue weighted by Gasteiger charge is -2.21. The summed E-state index contributed by atoms with van der Waals surface area (Å²) >= 11 is 5.67. The average molecular weight is 322 g/mol. The second kappa shape index (κ2) is 5.13. The van der Waals surface area contributed by atoms with Crippen LogP contribution in [0.15, 0.2) is 18.2 Å². The highest BCUT2D eigenvalue weighted by Gasteiger charge is 2.61. The Kier molecular flexibility index (Phi) is 3.69. The maximum Gasteiger partial charge on any atom is 0.416 e. The third-order valence-electron chi connectivity index (χ3n) is 4.66. The van der Waals surface area contributed by atoms with Crippen molar-refractivity contribution < 1.29 is 17.6 Å². The first-order valence-corrected chi connectivity index (χ1v) is 7.56. The molecule has 0 unspecified atom stereocenters. The summed E-state index contributed by atoms with van der Waals surface area (Å²) < 4.78 is 51.9. The molecule has 0 aromatic heterocycles. The van der Waals surface area contributed by atoms with Crippen LogP contribution < -0.4 is 0 Å². The number of halogens is 5. The van der Waals surface area contributed by atoms with Crippen molar-refractivity contribution in [1.29, 1.82) is 0 Å². The molecule has 2 fully saturated rings. The first kappa shape index (κ1) is 15.1. The van der Waals surface area contributed by atoms with Crippen LogP contribution in [0.4, 0.5) is 17.6 Å². The van der Waals surface area contributed by atoms with Crippen molar-refractivity contribution in [2.45, 2.75) is 24.4 Å². The normalized spacial score (nSPS) is 28.7. The zero-order valence-corrected chi connectivity index (χ0v) is 12.1. The number of piperidine rings is 1. The molecule has 0 amide bonds. The molecule has 0 N–H and O–H groups in total. The summed E-state index contributed by atoms with van der Waals surface area (Å²) in [5.74, 6) is 0.216. The Morgan fingerprint density at radius 1 is 1.33 bits per heavy atom.